The van der Waals surface area contributed by atoms with Crippen molar-refractivity contribution >= 4 is 11.7 Å². The van der Waals surface area contributed by atoms with E-state index in [9.17, 15) is 4.79 Å². The lowest BCUT2D eigenvalue weighted by Crippen LogP contribution is -2.13. The molecule has 0 spiro atoms. The second-order valence-corrected chi connectivity index (χ2v) is 5.63. The Bertz CT molecular complexity index is 877. The molecule has 0 aliphatic rings. The first-order valence-electron chi connectivity index (χ1n) is 7.30. The second kappa shape index (κ2) is 5.72. The van der Waals surface area contributed by atoms with Gasteiger partial charge in [-0.25, -0.2) is 0 Å². The molecular formula is C17H18N4O2. The molecule has 23 heavy (non-hydrogen) atoms. The van der Waals surface area contributed by atoms with E-state index in [2.05, 4.69) is 33.8 Å². The molecule has 118 valence electrons. The lowest BCUT2D eigenvalue weighted by molar-refractivity contribution is 0.102. The number of rotatable bonds is 3. The Morgan fingerprint density at radius 3 is 2.65 bits per heavy atom. The van der Waals surface area contributed by atoms with Crippen molar-refractivity contribution in [3.8, 4) is 11.3 Å². The van der Waals surface area contributed by atoms with Crippen molar-refractivity contribution in [3.05, 3.63) is 52.9 Å². The number of aryl methyl sites for hydroxylation is 4. The van der Waals surface area contributed by atoms with Crippen LogP contribution in [-0.2, 0) is 7.05 Å². The number of nitrogens with one attached hydrogen (secondary N) is 1. The van der Waals surface area contributed by atoms with Crippen LogP contribution in [0.2, 0.25) is 0 Å². The molecule has 0 aliphatic heterocycles. The fourth-order valence-electron chi connectivity index (χ4n) is 2.45. The molecule has 0 atom stereocenters. The van der Waals surface area contributed by atoms with E-state index in [4.69, 9.17) is 4.52 Å². The molecule has 0 saturated heterocycles. The molecule has 3 aromatic rings. The van der Waals surface area contributed by atoms with Gasteiger partial charge in [-0.3, -0.25) is 9.48 Å². The van der Waals surface area contributed by atoms with Crippen LogP contribution in [0.3, 0.4) is 0 Å². The predicted octanol–water partition coefficient (Wildman–Crippen LogP) is 3.25. The summed E-state index contributed by atoms with van der Waals surface area (Å²) in [6.45, 7) is 5.85. The van der Waals surface area contributed by atoms with Crippen LogP contribution >= 0.6 is 0 Å². The van der Waals surface area contributed by atoms with Crippen molar-refractivity contribution in [2.45, 2.75) is 20.8 Å². The lowest BCUT2D eigenvalue weighted by Gasteiger charge is -2.06. The largest absolute Gasteiger partial charge is 0.360 e. The van der Waals surface area contributed by atoms with Gasteiger partial charge in [0.2, 0.25) is 0 Å². The van der Waals surface area contributed by atoms with Crippen LogP contribution in [-0.4, -0.2) is 20.8 Å². The molecule has 3 rings (SSSR count). The number of hydrogen-bond donors (Lipinski definition) is 1. The number of benzene rings is 1. The summed E-state index contributed by atoms with van der Waals surface area (Å²) in [6, 6.07) is 9.66. The molecule has 0 saturated carbocycles. The van der Waals surface area contributed by atoms with E-state index < -0.39 is 0 Å². The Hall–Kier alpha value is -2.89. The molecule has 2 aromatic heterocycles. The molecule has 0 unspecified atom stereocenters. The van der Waals surface area contributed by atoms with Crippen LogP contribution < -0.4 is 5.32 Å². The molecule has 1 aromatic carbocycles. The van der Waals surface area contributed by atoms with Gasteiger partial charge in [0, 0.05) is 18.7 Å². The Morgan fingerprint density at radius 1 is 1.17 bits per heavy atom. The first-order valence-corrected chi connectivity index (χ1v) is 7.30. The quantitative estimate of drug-likeness (QED) is 0.806. The molecule has 0 radical (unpaired) electrons. The molecule has 6 heteroatoms. The highest BCUT2D eigenvalue weighted by atomic mass is 16.5. The zero-order valence-electron chi connectivity index (χ0n) is 13.5. The monoisotopic (exact) mass is 310 g/mol. The smallest absolute Gasteiger partial charge is 0.277 e. The number of anilines is 1. The van der Waals surface area contributed by atoms with Gasteiger partial charge in [0.05, 0.1) is 5.69 Å². The van der Waals surface area contributed by atoms with E-state index in [1.807, 2.05) is 20.9 Å². The van der Waals surface area contributed by atoms with Gasteiger partial charge in [-0.2, -0.15) is 5.10 Å². The third-order valence-electron chi connectivity index (χ3n) is 3.65. The first-order chi connectivity index (χ1) is 10.9. The van der Waals surface area contributed by atoms with Gasteiger partial charge in [-0.1, -0.05) is 22.9 Å². The normalized spacial score (nSPS) is 10.8. The molecular weight excluding hydrogens is 292 g/mol. The number of nitrogens with zero attached hydrogens (tertiary/aromatic N) is 3. The maximum Gasteiger partial charge on any atom is 0.277 e. The Morgan fingerprint density at radius 2 is 1.96 bits per heavy atom. The van der Waals surface area contributed by atoms with Crippen LogP contribution in [0.15, 0.2) is 34.9 Å². The van der Waals surface area contributed by atoms with Gasteiger partial charge in [0.1, 0.15) is 5.76 Å². The molecule has 1 amide bonds. The molecule has 0 bridgehead atoms. The van der Waals surface area contributed by atoms with Crippen LogP contribution in [0.4, 0.5) is 5.82 Å². The SMILES string of the molecule is Cc1ccc(C)c(-c2cc(C(=O)Nc3cc(C)on3)nn2C)c1. The lowest BCUT2D eigenvalue weighted by atomic mass is 10.0. The van der Waals surface area contributed by atoms with Gasteiger partial charge in [-0.05, 0) is 38.5 Å². The summed E-state index contributed by atoms with van der Waals surface area (Å²) in [4.78, 5) is 12.3. The third kappa shape index (κ3) is 3.01. The second-order valence-electron chi connectivity index (χ2n) is 5.63. The van der Waals surface area contributed by atoms with E-state index in [0.717, 1.165) is 22.4 Å². The van der Waals surface area contributed by atoms with E-state index in [1.54, 1.807) is 23.7 Å². The van der Waals surface area contributed by atoms with E-state index >= 15 is 0 Å². The standard InChI is InChI=1S/C17H18N4O2/c1-10-5-6-11(2)13(7-10)15-9-14(19-21(15)4)17(22)18-16-8-12(3)23-20-16/h5-9H,1-4H3,(H,18,20,22). The molecule has 1 N–H and O–H groups in total. The fourth-order valence-corrected chi connectivity index (χ4v) is 2.45. The third-order valence-corrected chi connectivity index (χ3v) is 3.65. The van der Waals surface area contributed by atoms with Crippen molar-refractivity contribution in [3.63, 3.8) is 0 Å². The van der Waals surface area contributed by atoms with Gasteiger partial charge < -0.3 is 9.84 Å². The molecule has 6 nitrogen and oxygen atoms in total. The highest BCUT2D eigenvalue weighted by Crippen LogP contribution is 2.25. The highest BCUT2D eigenvalue weighted by Gasteiger charge is 2.16. The van der Waals surface area contributed by atoms with Crippen LogP contribution in [0, 0.1) is 20.8 Å². The van der Waals surface area contributed by atoms with Crippen molar-refractivity contribution in [1.82, 2.24) is 14.9 Å². The number of aromatic nitrogens is 3. The predicted molar refractivity (Wildman–Crippen MR) is 87.3 cm³/mol. The summed E-state index contributed by atoms with van der Waals surface area (Å²) in [5.74, 6) is 0.703. The Balaban J connectivity index is 1.91. The van der Waals surface area contributed by atoms with Gasteiger partial charge in [-0.15, -0.1) is 0 Å². The van der Waals surface area contributed by atoms with Crippen LogP contribution in [0.25, 0.3) is 11.3 Å². The van der Waals surface area contributed by atoms with E-state index in [0.29, 0.717) is 17.3 Å². The minimum absolute atomic E-state index is 0.314. The van der Waals surface area contributed by atoms with Crippen molar-refractivity contribution < 1.29 is 9.32 Å². The minimum Gasteiger partial charge on any atom is -0.360 e. The zero-order chi connectivity index (χ0) is 16.6. The number of amides is 1. The summed E-state index contributed by atoms with van der Waals surface area (Å²) < 4.78 is 6.65. The van der Waals surface area contributed by atoms with E-state index in [1.165, 1.54) is 0 Å². The zero-order valence-corrected chi connectivity index (χ0v) is 13.5. The molecule has 0 aliphatic carbocycles. The number of carbonyl (C=O) groups excluding carboxylic acids is 1. The molecule has 0 fully saturated rings. The Labute approximate surface area is 134 Å². The summed E-state index contributed by atoms with van der Waals surface area (Å²) in [6.07, 6.45) is 0. The minimum atomic E-state index is -0.314. The summed E-state index contributed by atoms with van der Waals surface area (Å²) in [5, 5.41) is 10.7. The van der Waals surface area contributed by atoms with Crippen LogP contribution in [0.1, 0.15) is 27.4 Å². The maximum atomic E-state index is 12.3. The highest BCUT2D eigenvalue weighted by molar-refractivity contribution is 6.03. The summed E-state index contributed by atoms with van der Waals surface area (Å²) in [5.41, 5.74) is 4.60. The van der Waals surface area contributed by atoms with Crippen LogP contribution in [0.5, 0.6) is 0 Å². The maximum absolute atomic E-state index is 12.3. The van der Waals surface area contributed by atoms with Gasteiger partial charge in [0.15, 0.2) is 11.5 Å². The average Bonchev–Trinajstić information content (AvgIpc) is 3.08. The summed E-state index contributed by atoms with van der Waals surface area (Å²) >= 11 is 0. The first kappa shape index (κ1) is 15.0. The summed E-state index contributed by atoms with van der Waals surface area (Å²) in [7, 11) is 1.83. The average molecular weight is 310 g/mol. The van der Waals surface area contributed by atoms with Crippen molar-refractivity contribution in [1.29, 1.82) is 0 Å². The van der Waals surface area contributed by atoms with Gasteiger partial charge >= 0.3 is 0 Å². The topological polar surface area (TPSA) is 73.0 Å². The Kier molecular flexibility index (Phi) is 3.73. The molecule has 2 heterocycles. The number of carbonyl (C=O) groups is 1. The van der Waals surface area contributed by atoms with Crippen molar-refractivity contribution in [2.75, 3.05) is 5.32 Å². The van der Waals surface area contributed by atoms with Crippen molar-refractivity contribution in [2.24, 2.45) is 7.05 Å². The fraction of sp³-hybridized carbons (Fsp3) is 0.235. The number of hydrogen-bond acceptors (Lipinski definition) is 4. The van der Waals surface area contributed by atoms with E-state index in [-0.39, 0.29) is 5.91 Å². The van der Waals surface area contributed by atoms with Gasteiger partial charge in [0.25, 0.3) is 5.91 Å².